The summed E-state index contributed by atoms with van der Waals surface area (Å²) in [5.74, 6) is -0.555. The van der Waals surface area contributed by atoms with Gasteiger partial charge in [-0.3, -0.25) is 15.1 Å². The van der Waals surface area contributed by atoms with E-state index in [1.807, 2.05) is 13.0 Å². The molecule has 0 aliphatic carbocycles. The maximum absolute atomic E-state index is 12.6. The number of anilines is 1. The standard InChI is InChI=1S/C15H11F3N4OS/c1-7-3-4-11-9(5-7)10(6-8(2)19-11)12(23)20-14-22-21-13(24-14)15(16,17)18/h3-6H,1-2H3,(H,20,22,23). The largest absolute Gasteiger partial charge is 0.445 e. The molecule has 124 valence electrons. The lowest BCUT2D eigenvalue weighted by molar-refractivity contribution is -0.138. The Kier molecular flexibility index (Phi) is 3.96. The summed E-state index contributed by atoms with van der Waals surface area (Å²) >= 11 is 0.281. The highest BCUT2D eigenvalue weighted by Crippen LogP contribution is 2.33. The van der Waals surface area contributed by atoms with Gasteiger partial charge in [0.05, 0.1) is 11.1 Å². The molecule has 9 heteroatoms. The van der Waals surface area contributed by atoms with Crippen LogP contribution < -0.4 is 5.32 Å². The number of halogens is 3. The first-order valence-corrected chi connectivity index (χ1v) is 7.66. The van der Waals surface area contributed by atoms with Gasteiger partial charge in [0.1, 0.15) is 0 Å². The zero-order valence-corrected chi connectivity index (χ0v) is 13.4. The number of hydrogen-bond donors (Lipinski definition) is 1. The lowest BCUT2D eigenvalue weighted by atomic mass is 10.0. The van der Waals surface area contributed by atoms with Crippen LogP contribution in [0.2, 0.25) is 0 Å². The average molecular weight is 352 g/mol. The van der Waals surface area contributed by atoms with Crippen molar-refractivity contribution in [2.24, 2.45) is 0 Å². The van der Waals surface area contributed by atoms with Crippen molar-refractivity contribution in [3.05, 3.63) is 46.1 Å². The predicted octanol–water partition coefficient (Wildman–Crippen LogP) is 3.97. The van der Waals surface area contributed by atoms with Gasteiger partial charge >= 0.3 is 6.18 Å². The van der Waals surface area contributed by atoms with E-state index in [0.717, 1.165) is 5.56 Å². The number of fused-ring (bicyclic) bond motifs is 1. The third-order valence-electron chi connectivity index (χ3n) is 3.22. The Balaban J connectivity index is 1.97. The topological polar surface area (TPSA) is 67.8 Å². The van der Waals surface area contributed by atoms with E-state index in [9.17, 15) is 18.0 Å². The van der Waals surface area contributed by atoms with E-state index in [1.165, 1.54) is 0 Å². The first-order chi connectivity index (χ1) is 11.2. The van der Waals surface area contributed by atoms with Crippen molar-refractivity contribution >= 4 is 33.3 Å². The summed E-state index contributed by atoms with van der Waals surface area (Å²) in [6, 6.07) is 7.05. The lowest BCUT2D eigenvalue weighted by Crippen LogP contribution is -2.13. The minimum atomic E-state index is -4.59. The summed E-state index contributed by atoms with van der Waals surface area (Å²) in [6.45, 7) is 3.62. The Morgan fingerprint density at radius 2 is 1.92 bits per heavy atom. The summed E-state index contributed by atoms with van der Waals surface area (Å²) in [7, 11) is 0. The molecule has 1 aromatic carbocycles. The van der Waals surface area contributed by atoms with E-state index in [-0.39, 0.29) is 16.5 Å². The molecule has 0 saturated carbocycles. The fourth-order valence-corrected chi connectivity index (χ4v) is 2.82. The molecule has 0 saturated heterocycles. The van der Waals surface area contributed by atoms with Gasteiger partial charge in [-0.1, -0.05) is 23.0 Å². The van der Waals surface area contributed by atoms with Crippen LogP contribution in [0.1, 0.15) is 26.6 Å². The molecule has 24 heavy (non-hydrogen) atoms. The number of carbonyl (C=O) groups is 1. The zero-order chi connectivity index (χ0) is 17.5. The second kappa shape index (κ2) is 5.82. The van der Waals surface area contributed by atoms with Crippen LogP contribution in [-0.4, -0.2) is 21.1 Å². The molecule has 0 bridgehead atoms. The second-order valence-electron chi connectivity index (χ2n) is 5.20. The SMILES string of the molecule is Cc1ccc2nc(C)cc(C(=O)Nc3nnc(C(F)(F)F)s3)c2c1. The highest BCUT2D eigenvalue weighted by atomic mass is 32.1. The van der Waals surface area contributed by atoms with E-state index in [2.05, 4.69) is 20.5 Å². The fraction of sp³-hybridized carbons (Fsp3) is 0.200. The van der Waals surface area contributed by atoms with Crippen LogP contribution in [-0.2, 0) is 6.18 Å². The van der Waals surface area contributed by atoms with E-state index >= 15 is 0 Å². The molecular formula is C15H11F3N4OS. The zero-order valence-electron chi connectivity index (χ0n) is 12.6. The molecule has 0 atom stereocenters. The normalized spacial score (nSPS) is 11.7. The summed E-state index contributed by atoms with van der Waals surface area (Å²) in [6.07, 6.45) is -4.59. The second-order valence-corrected chi connectivity index (χ2v) is 6.17. The Morgan fingerprint density at radius 1 is 1.17 bits per heavy atom. The van der Waals surface area contributed by atoms with Crippen LogP contribution in [0.3, 0.4) is 0 Å². The van der Waals surface area contributed by atoms with Gasteiger partial charge in [0.25, 0.3) is 5.91 Å². The average Bonchev–Trinajstić information content (AvgIpc) is 2.95. The maximum Gasteiger partial charge on any atom is 0.445 e. The molecule has 5 nitrogen and oxygen atoms in total. The molecule has 2 heterocycles. The molecule has 0 spiro atoms. The highest BCUT2D eigenvalue weighted by molar-refractivity contribution is 7.15. The first kappa shape index (κ1) is 16.3. The van der Waals surface area contributed by atoms with Crippen molar-refractivity contribution in [1.29, 1.82) is 0 Å². The lowest BCUT2D eigenvalue weighted by Gasteiger charge is -2.08. The van der Waals surface area contributed by atoms with Crippen molar-refractivity contribution in [2.45, 2.75) is 20.0 Å². The Morgan fingerprint density at radius 3 is 2.58 bits per heavy atom. The third kappa shape index (κ3) is 3.21. The van der Waals surface area contributed by atoms with Crippen molar-refractivity contribution in [3.63, 3.8) is 0 Å². The molecule has 0 radical (unpaired) electrons. The fourth-order valence-electron chi connectivity index (χ4n) is 2.21. The molecular weight excluding hydrogens is 341 g/mol. The molecule has 1 N–H and O–H groups in total. The van der Waals surface area contributed by atoms with Gasteiger partial charge in [-0.2, -0.15) is 13.2 Å². The van der Waals surface area contributed by atoms with E-state index in [4.69, 9.17) is 0 Å². The summed E-state index contributed by atoms with van der Waals surface area (Å²) < 4.78 is 37.7. The van der Waals surface area contributed by atoms with Crippen LogP contribution >= 0.6 is 11.3 Å². The molecule has 1 amide bonds. The van der Waals surface area contributed by atoms with Gasteiger partial charge in [-0.05, 0) is 32.0 Å². The number of amides is 1. The van der Waals surface area contributed by atoms with Crippen LogP contribution in [0.5, 0.6) is 0 Å². The number of alkyl halides is 3. The van der Waals surface area contributed by atoms with E-state index in [1.54, 1.807) is 25.1 Å². The quantitative estimate of drug-likeness (QED) is 0.758. The molecule has 0 aliphatic heterocycles. The predicted molar refractivity (Wildman–Crippen MR) is 84.1 cm³/mol. The maximum atomic E-state index is 12.6. The number of carbonyl (C=O) groups excluding carboxylic acids is 1. The summed E-state index contributed by atoms with van der Waals surface area (Å²) in [4.78, 5) is 16.8. The number of nitrogens with one attached hydrogen (secondary N) is 1. The van der Waals surface area contributed by atoms with E-state index < -0.39 is 17.1 Å². The van der Waals surface area contributed by atoms with Gasteiger partial charge in [0, 0.05) is 11.1 Å². The van der Waals surface area contributed by atoms with Gasteiger partial charge in [0.15, 0.2) is 0 Å². The van der Waals surface area contributed by atoms with Gasteiger partial charge in [-0.15, -0.1) is 10.2 Å². The number of aromatic nitrogens is 3. The summed E-state index contributed by atoms with van der Waals surface area (Å²) in [5, 5.41) is 8.09. The molecule has 0 unspecified atom stereocenters. The number of benzene rings is 1. The van der Waals surface area contributed by atoms with E-state index in [0.29, 0.717) is 22.2 Å². The third-order valence-corrected chi connectivity index (χ3v) is 4.11. The van der Waals surface area contributed by atoms with Crippen LogP contribution in [0.15, 0.2) is 24.3 Å². The monoisotopic (exact) mass is 352 g/mol. The van der Waals surface area contributed by atoms with Crippen molar-refractivity contribution < 1.29 is 18.0 Å². The highest BCUT2D eigenvalue weighted by Gasteiger charge is 2.35. The number of pyridine rings is 1. The number of rotatable bonds is 2. The van der Waals surface area contributed by atoms with Crippen LogP contribution in [0.4, 0.5) is 18.3 Å². The Hall–Kier alpha value is -2.55. The molecule has 0 fully saturated rings. The van der Waals surface area contributed by atoms with Gasteiger partial charge in [0.2, 0.25) is 10.1 Å². The van der Waals surface area contributed by atoms with Gasteiger partial charge < -0.3 is 0 Å². The molecule has 3 aromatic rings. The molecule has 2 aromatic heterocycles. The number of nitrogens with zero attached hydrogens (tertiary/aromatic N) is 3. The van der Waals surface area contributed by atoms with Crippen molar-refractivity contribution in [2.75, 3.05) is 5.32 Å². The minimum absolute atomic E-state index is 0.206. The smallest absolute Gasteiger partial charge is 0.296 e. The molecule has 3 rings (SSSR count). The minimum Gasteiger partial charge on any atom is -0.296 e. The van der Waals surface area contributed by atoms with Gasteiger partial charge in [-0.25, -0.2) is 0 Å². The van der Waals surface area contributed by atoms with Crippen molar-refractivity contribution in [1.82, 2.24) is 15.2 Å². The van der Waals surface area contributed by atoms with Crippen LogP contribution in [0.25, 0.3) is 10.9 Å². The number of hydrogen-bond acceptors (Lipinski definition) is 5. The molecule has 0 aliphatic rings. The first-order valence-electron chi connectivity index (χ1n) is 6.84. The Bertz CT molecular complexity index is 936. The summed E-state index contributed by atoms with van der Waals surface area (Å²) in [5.41, 5.74) is 2.53. The van der Waals surface area contributed by atoms with Crippen LogP contribution in [0, 0.1) is 13.8 Å². The number of aryl methyl sites for hydroxylation is 2. The van der Waals surface area contributed by atoms with Crippen molar-refractivity contribution in [3.8, 4) is 0 Å². The Labute approximate surface area is 138 Å².